The predicted molar refractivity (Wildman–Crippen MR) is 144 cm³/mol. The number of urea groups is 1. The molecule has 0 fully saturated rings. The summed E-state index contributed by atoms with van der Waals surface area (Å²) in [5.74, 6) is -0.940. The van der Waals surface area contributed by atoms with Crippen molar-refractivity contribution in [2.45, 2.75) is 39.7 Å². The molecule has 1 aliphatic heterocycles. The first-order valence-corrected chi connectivity index (χ1v) is 12.5. The van der Waals surface area contributed by atoms with Crippen LogP contribution in [0.2, 0.25) is 0 Å². The zero-order valence-corrected chi connectivity index (χ0v) is 21.4. The van der Waals surface area contributed by atoms with Gasteiger partial charge in [-0.2, -0.15) is 0 Å². The Balaban J connectivity index is 1.22. The third-order valence-electron chi connectivity index (χ3n) is 6.36. The fraction of sp³-hybridized carbons (Fsp3) is 0.286. The minimum atomic E-state index is -0.425. The molecule has 0 saturated carbocycles. The normalized spacial score (nSPS) is 13.2. The summed E-state index contributed by atoms with van der Waals surface area (Å²) in [6.07, 6.45) is 7.45. The van der Waals surface area contributed by atoms with Crippen molar-refractivity contribution in [1.82, 2.24) is 25.9 Å². The van der Waals surface area contributed by atoms with E-state index in [0.717, 1.165) is 24.8 Å². The van der Waals surface area contributed by atoms with Crippen molar-refractivity contribution >= 4 is 35.2 Å². The number of unbranched alkanes of at least 4 members (excludes halogenated alkanes) is 2. The lowest BCUT2D eigenvalue weighted by atomic mass is 10.0. The van der Waals surface area contributed by atoms with E-state index < -0.39 is 5.82 Å². The van der Waals surface area contributed by atoms with Crippen LogP contribution in [0.25, 0.3) is 11.6 Å². The summed E-state index contributed by atoms with van der Waals surface area (Å²) < 4.78 is 13.7. The van der Waals surface area contributed by atoms with Gasteiger partial charge in [0.25, 0.3) is 11.8 Å². The fourth-order valence-corrected chi connectivity index (χ4v) is 4.37. The van der Waals surface area contributed by atoms with Gasteiger partial charge in [-0.1, -0.05) is 6.07 Å². The summed E-state index contributed by atoms with van der Waals surface area (Å²) in [4.78, 5) is 44.4. The molecule has 2 aromatic heterocycles. The van der Waals surface area contributed by atoms with E-state index in [1.807, 2.05) is 19.1 Å². The van der Waals surface area contributed by atoms with E-state index in [9.17, 15) is 18.8 Å². The number of benzene rings is 1. The van der Waals surface area contributed by atoms with Crippen molar-refractivity contribution in [3.63, 3.8) is 0 Å². The van der Waals surface area contributed by atoms with Gasteiger partial charge in [-0.3, -0.25) is 14.6 Å². The van der Waals surface area contributed by atoms with Crippen LogP contribution >= 0.6 is 0 Å². The quantitative estimate of drug-likeness (QED) is 0.205. The van der Waals surface area contributed by atoms with Gasteiger partial charge in [-0.15, -0.1) is 0 Å². The predicted octanol–water partition coefficient (Wildman–Crippen LogP) is 4.06. The third kappa shape index (κ3) is 6.44. The van der Waals surface area contributed by atoms with Crippen LogP contribution in [0, 0.1) is 19.7 Å². The lowest BCUT2D eigenvalue weighted by Crippen LogP contribution is -2.35. The van der Waals surface area contributed by atoms with Crippen molar-refractivity contribution in [3.8, 4) is 0 Å². The summed E-state index contributed by atoms with van der Waals surface area (Å²) in [6.45, 7) is 5.08. The first-order valence-electron chi connectivity index (χ1n) is 12.5. The number of aromatic nitrogens is 2. The zero-order valence-electron chi connectivity index (χ0n) is 21.4. The lowest BCUT2D eigenvalue weighted by Gasteiger charge is -2.08. The van der Waals surface area contributed by atoms with Crippen molar-refractivity contribution < 1.29 is 18.8 Å². The van der Waals surface area contributed by atoms with Gasteiger partial charge in [0.15, 0.2) is 0 Å². The molecule has 38 heavy (non-hydrogen) atoms. The molecule has 5 N–H and O–H groups in total. The Kier molecular flexibility index (Phi) is 8.52. The van der Waals surface area contributed by atoms with Crippen molar-refractivity contribution in [1.29, 1.82) is 0 Å². The average Bonchev–Trinajstić information content (AvgIpc) is 3.36. The second kappa shape index (κ2) is 12.2. The molecule has 198 valence electrons. The molecule has 0 bridgehead atoms. The molecule has 0 saturated heterocycles. The molecular weight excluding hydrogens is 487 g/mol. The van der Waals surface area contributed by atoms with E-state index in [4.69, 9.17) is 0 Å². The van der Waals surface area contributed by atoms with Gasteiger partial charge in [0, 0.05) is 54.7 Å². The van der Waals surface area contributed by atoms with Gasteiger partial charge in [0.1, 0.15) is 5.82 Å². The molecule has 0 spiro atoms. The highest BCUT2D eigenvalue weighted by molar-refractivity contribution is 6.34. The smallest absolute Gasteiger partial charge is 0.315 e. The van der Waals surface area contributed by atoms with E-state index in [1.54, 1.807) is 25.4 Å². The molecule has 1 aromatic carbocycles. The molecule has 0 atom stereocenters. The second-order valence-electron chi connectivity index (χ2n) is 9.15. The van der Waals surface area contributed by atoms with Crippen molar-refractivity contribution in [2.24, 2.45) is 0 Å². The number of halogens is 1. The molecule has 3 aromatic rings. The summed E-state index contributed by atoms with van der Waals surface area (Å²) >= 11 is 0. The number of nitrogens with zero attached hydrogens (tertiary/aromatic N) is 1. The Labute approximate surface area is 220 Å². The van der Waals surface area contributed by atoms with E-state index in [-0.39, 0.29) is 17.8 Å². The number of hydrogen-bond donors (Lipinski definition) is 5. The molecule has 4 rings (SSSR count). The number of carbonyl (C=O) groups excluding carboxylic acids is 3. The minimum absolute atomic E-state index is 0.198. The van der Waals surface area contributed by atoms with Crippen LogP contribution in [0.1, 0.15) is 57.7 Å². The Hall–Kier alpha value is -4.47. The zero-order chi connectivity index (χ0) is 27.1. The maximum absolute atomic E-state index is 13.7. The number of nitrogens with one attached hydrogen (secondary N) is 5. The Morgan fingerprint density at radius 3 is 2.61 bits per heavy atom. The second-order valence-corrected chi connectivity index (χ2v) is 9.15. The number of amides is 4. The molecule has 0 unspecified atom stereocenters. The summed E-state index contributed by atoms with van der Waals surface area (Å²) in [5, 5.41) is 11.3. The van der Waals surface area contributed by atoms with Crippen LogP contribution in [0.4, 0.5) is 14.9 Å². The largest absolute Gasteiger partial charge is 0.358 e. The number of carbonyl (C=O) groups is 3. The molecule has 10 heteroatoms. The first-order chi connectivity index (χ1) is 18.3. The average molecular weight is 519 g/mol. The molecule has 3 heterocycles. The molecular formula is C28H31FN6O3. The highest BCUT2D eigenvalue weighted by atomic mass is 19.1. The number of rotatable bonds is 10. The number of aromatic amines is 1. The summed E-state index contributed by atoms with van der Waals surface area (Å²) in [6, 6.07) is 7.64. The van der Waals surface area contributed by atoms with Gasteiger partial charge in [-0.25, -0.2) is 9.18 Å². The van der Waals surface area contributed by atoms with E-state index >= 15 is 0 Å². The van der Waals surface area contributed by atoms with Crippen LogP contribution in [0.3, 0.4) is 0 Å². The molecule has 0 aliphatic carbocycles. The molecule has 4 amide bonds. The van der Waals surface area contributed by atoms with Crippen LogP contribution < -0.4 is 21.3 Å². The summed E-state index contributed by atoms with van der Waals surface area (Å²) in [7, 11) is 0. The topological polar surface area (TPSA) is 128 Å². The number of aryl methyl sites for hydroxylation is 1. The number of hydrogen-bond acceptors (Lipinski definition) is 4. The fourth-order valence-electron chi connectivity index (χ4n) is 4.37. The number of anilines is 1. The van der Waals surface area contributed by atoms with Gasteiger partial charge in [0.2, 0.25) is 0 Å². The maximum atomic E-state index is 13.7. The van der Waals surface area contributed by atoms with E-state index in [2.05, 4.69) is 31.2 Å². The first kappa shape index (κ1) is 26.6. The monoisotopic (exact) mass is 518 g/mol. The van der Waals surface area contributed by atoms with E-state index in [1.165, 1.54) is 18.2 Å². The van der Waals surface area contributed by atoms with Crippen molar-refractivity contribution in [3.05, 3.63) is 82.2 Å². The minimum Gasteiger partial charge on any atom is -0.358 e. The molecule has 9 nitrogen and oxygen atoms in total. The van der Waals surface area contributed by atoms with Gasteiger partial charge < -0.3 is 26.3 Å². The number of pyridine rings is 1. The highest BCUT2D eigenvalue weighted by Gasteiger charge is 2.26. The van der Waals surface area contributed by atoms with Gasteiger partial charge >= 0.3 is 6.03 Å². The Morgan fingerprint density at radius 1 is 1.05 bits per heavy atom. The van der Waals surface area contributed by atoms with E-state index in [0.29, 0.717) is 59.0 Å². The summed E-state index contributed by atoms with van der Waals surface area (Å²) in [5.41, 5.74) is 4.88. The number of fused-ring (bicyclic) bond motifs is 1. The SMILES string of the molecule is Cc1[nH]c(/C=C2\C(=O)Nc3ccc(F)cc32)c(C)c1C(=O)NCCCCCNC(=O)NCc1cccnc1. The van der Waals surface area contributed by atoms with Crippen LogP contribution in [-0.4, -0.2) is 40.9 Å². The van der Waals surface area contributed by atoms with Gasteiger partial charge in [-0.05, 0) is 74.6 Å². The third-order valence-corrected chi connectivity index (χ3v) is 6.36. The standard InChI is InChI=1S/C28H31FN6O3/c1-17-24(14-22-21-13-20(29)8-9-23(21)35-26(22)36)34-18(2)25(17)27(37)31-11-4-3-5-12-32-28(38)33-16-19-7-6-10-30-15-19/h6-10,13-15,34H,3-5,11-12,16H2,1-2H3,(H,31,37)(H,35,36)(H2,32,33,38)/b22-14-. The lowest BCUT2D eigenvalue weighted by molar-refractivity contribution is -0.110. The molecule has 1 aliphatic rings. The highest BCUT2D eigenvalue weighted by Crippen LogP contribution is 2.34. The van der Waals surface area contributed by atoms with Gasteiger partial charge in [0.05, 0.1) is 11.1 Å². The maximum Gasteiger partial charge on any atom is 0.315 e. The van der Waals surface area contributed by atoms with Crippen LogP contribution in [0.5, 0.6) is 0 Å². The number of H-pyrrole nitrogens is 1. The molecule has 0 radical (unpaired) electrons. The van der Waals surface area contributed by atoms with Crippen LogP contribution in [-0.2, 0) is 11.3 Å². The Bertz CT molecular complexity index is 1370. The Morgan fingerprint density at radius 2 is 1.84 bits per heavy atom. The van der Waals surface area contributed by atoms with Crippen molar-refractivity contribution in [2.75, 3.05) is 18.4 Å². The van der Waals surface area contributed by atoms with Crippen LogP contribution in [0.15, 0.2) is 42.7 Å².